The van der Waals surface area contributed by atoms with E-state index in [9.17, 15) is 0 Å². The molecule has 18 heavy (non-hydrogen) atoms. The van der Waals surface area contributed by atoms with Crippen molar-refractivity contribution in [2.45, 2.75) is 13.8 Å². The van der Waals surface area contributed by atoms with Crippen LogP contribution in [0, 0.1) is 10.8 Å². The molecule has 6 fully saturated rings. The fourth-order valence-corrected chi connectivity index (χ4v) is 11.3. The molecule has 0 unspecified atom stereocenters. The van der Waals surface area contributed by atoms with Gasteiger partial charge in [0.2, 0.25) is 0 Å². The van der Waals surface area contributed by atoms with Gasteiger partial charge in [0.15, 0.2) is 0 Å². The van der Waals surface area contributed by atoms with Gasteiger partial charge in [-0.2, -0.15) is 0 Å². The van der Waals surface area contributed by atoms with Crippen LogP contribution in [-0.4, -0.2) is 81.6 Å². The SMILES string of the molecule is CC12C[O][Sn]([O]C1)[O]C2.CC12C[O][Sn]([O]C1)[O]C2. The fourth-order valence-electron chi connectivity index (χ4n) is 1.90. The van der Waals surface area contributed by atoms with Gasteiger partial charge in [0.25, 0.3) is 0 Å². The molecule has 0 N–H and O–H groups in total. The molecule has 6 heterocycles. The Kier molecular flexibility index (Phi) is 4.47. The van der Waals surface area contributed by atoms with Crippen molar-refractivity contribution in [2.75, 3.05) is 39.6 Å². The third-order valence-electron chi connectivity index (χ3n) is 3.23. The molecule has 6 aliphatic heterocycles. The maximum absolute atomic E-state index is 5.33. The molecular formula is C10H18O6Sn2. The van der Waals surface area contributed by atoms with Crippen LogP contribution in [0.15, 0.2) is 0 Å². The van der Waals surface area contributed by atoms with E-state index >= 15 is 0 Å². The van der Waals surface area contributed by atoms with Crippen molar-refractivity contribution in [3.8, 4) is 0 Å². The van der Waals surface area contributed by atoms with Gasteiger partial charge in [-0.15, -0.1) is 0 Å². The Balaban J connectivity index is 0.000000111. The second-order valence-corrected chi connectivity index (χ2v) is 13.7. The Morgan fingerprint density at radius 2 is 0.778 bits per heavy atom. The van der Waals surface area contributed by atoms with Gasteiger partial charge in [-0.1, -0.05) is 0 Å². The zero-order valence-corrected chi connectivity index (χ0v) is 16.4. The van der Waals surface area contributed by atoms with E-state index < -0.39 is 42.0 Å². The van der Waals surface area contributed by atoms with E-state index in [2.05, 4.69) is 13.8 Å². The van der Waals surface area contributed by atoms with Gasteiger partial charge in [-0.05, 0) is 0 Å². The number of rotatable bonds is 0. The minimum absolute atomic E-state index is 0.169. The van der Waals surface area contributed by atoms with E-state index in [1.54, 1.807) is 0 Å². The standard InChI is InChI=1S/2C5H9O3.2Sn/c2*1-5(2-6,3-7)4-8;;/h2*2-4H2,1H3;;/q2*-3;2*+3. The van der Waals surface area contributed by atoms with E-state index in [0.29, 0.717) is 0 Å². The van der Waals surface area contributed by atoms with E-state index in [1.807, 2.05) is 0 Å². The molecule has 0 spiro atoms. The summed E-state index contributed by atoms with van der Waals surface area (Å²) in [5.41, 5.74) is 0.338. The third-order valence-corrected chi connectivity index (χ3v) is 9.74. The van der Waals surface area contributed by atoms with Crippen LogP contribution >= 0.6 is 0 Å². The summed E-state index contributed by atoms with van der Waals surface area (Å²) >= 11 is -4.18. The summed E-state index contributed by atoms with van der Waals surface area (Å²) < 4.78 is 32.0. The second-order valence-electron chi connectivity index (χ2n) is 5.85. The molecular weight excluding hydrogens is 454 g/mol. The summed E-state index contributed by atoms with van der Waals surface area (Å²) in [5, 5.41) is 0. The summed E-state index contributed by atoms with van der Waals surface area (Å²) in [4.78, 5) is 0. The zero-order valence-electron chi connectivity index (χ0n) is 10.7. The van der Waals surface area contributed by atoms with Crippen LogP contribution in [-0.2, 0) is 18.4 Å². The van der Waals surface area contributed by atoms with E-state index in [1.165, 1.54) is 0 Å². The first-order valence-corrected chi connectivity index (χ1v) is 13.1. The molecule has 6 saturated heterocycles. The van der Waals surface area contributed by atoms with Gasteiger partial charge in [-0.25, -0.2) is 0 Å². The monoisotopic (exact) mass is 474 g/mol. The van der Waals surface area contributed by atoms with Gasteiger partial charge in [-0.3, -0.25) is 0 Å². The van der Waals surface area contributed by atoms with Crippen LogP contribution in [0.25, 0.3) is 0 Å². The average Bonchev–Trinajstić information content (AvgIpc) is 2.41. The molecule has 6 rings (SSSR count). The van der Waals surface area contributed by atoms with Crippen molar-refractivity contribution < 1.29 is 18.4 Å². The molecule has 0 amide bonds. The maximum atomic E-state index is 5.33. The Morgan fingerprint density at radius 3 is 0.889 bits per heavy atom. The Morgan fingerprint density at radius 1 is 0.556 bits per heavy atom. The fraction of sp³-hybridized carbons (Fsp3) is 1.00. The van der Waals surface area contributed by atoms with Crippen molar-refractivity contribution in [2.24, 2.45) is 10.8 Å². The topological polar surface area (TPSA) is 55.4 Å². The predicted octanol–water partition coefficient (Wildman–Crippen LogP) is 0.109. The van der Waals surface area contributed by atoms with Crippen molar-refractivity contribution in [3.63, 3.8) is 0 Å². The van der Waals surface area contributed by atoms with Gasteiger partial charge in [0, 0.05) is 0 Å². The van der Waals surface area contributed by atoms with E-state index in [4.69, 9.17) is 18.4 Å². The normalized spacial score (nSPS) is 33.0. The first-order valence-electron chi connectivity index (χ1n) is 6.08. The molecule has 2 radical (unpaired) electrons. The van der Waals surface area contributed by atoms with Crippen molar-refractivity contribution in [1.29, 1.82) is 0 Å². The van der Waals surface area contributed by atoms with Crippen LogP contribution in [0.4, 0.5) is 0 Å². The first-order chi connectivity index (χ1) is 8.57. The molecule has 0 atom stereocenters. The van der Waals surface area contributed by atoms with Crippen molar-refractivity contribution >= 4 is 42.0 Å². The van der Waals surface area contributed by atoms with Gasteiger partial charge in [0.05, 0.1) is 0 Å². The second kappa shape index (κ2) is 5.62. The average molecular weight is 472 g/mol. The van der Waals surface area contributed by atoms with Crippen LogP contribution in [0.2, 0.25) is 0 Å². The minimum atomic E-state index is -2.09. The summed E-state index contributed by atoms with van der Waals surface area (Å²) in [6.07, 6.45) is 0. The zero-order chi connectivity index (χ0) is 12.6. The Labute approximate surface area is 124 Å². The quantitative estimate of drug-likeness (QED) is 0.468. The molecule has 102 valence electrons. The van der Waals surface area contributed by atoms with Gasteiger partial charge < -0.3 is 0 Å². The molecule has 6 nitrogen and oxygen atoms in total. The van der Waals surface area contributed by atoms with Crippen LogP contribution in [0.3, 0.4) is 0 Å². The van der Waals surface area contributed by atoms with Crippen molar-refractivity contribution in [3.05, 3.63) is 0 Å². The van der Waals surface area contributed by atoms with Gasteiger partial charge >= 0.3 is 125 Å². The first kappa shape index (κ1) is 14.3. The third kappa shape index (κ3) is 3.33. The van der Waals surface area contributed by atoms with E-state index in [-0.39, 0.29) is 10.8 Å². The predicted molar refractivity (Wildman–Crippen MR) is 63.4 cm³/mol. The van der Waals surface area contributed by atoms with Crippen LogP contribution in [0.1, 0.15) is 13.8 Å². The van der Waals surface area contributed by atoms with Crippen molar-refractivity contribution in [1.82, 2.24) is 0 Å². The molecule has 0 saturated carbocycles. The Hall–Kier alpha value is 1.36. The molecule has 0 aromatic heterocycles. The summed E-state index contributed by atoms with van der Waals surface area (Å²) in [7, 11) is 0. The summed E-state index contributed by atoms with van der Waals surface area (Å²) in [6, 6.07) is 0. The molecule has 0 aromatic rings. The number of hydrogen-bond acceptors (Lipinski definition) is 6. The number of hydrogen-bond donors (Lipinski definition) is 0. The molecule has 0 aromatic carbocycles. The molecule has 6 aliphatic rings. The summed E-state index contributed by atoms with van der Waals surface area (Å²) in [5.74, 6) is 0. The van der Waals surface area contributed by atoms with Gasteiger partial charge in [0.1, 0.15) is 0 Å². The summed E-state index contributed by atoms with van der Waals surface area (Å²) in [6.45, 7) is 9.44. The van der Waals surface area contributed by atoms with Crippen LogP contribution < -0.4 is 0 Å². The molecule has 8 heteroatoms. The molecule has 4 bridgehead atoms. The molecule has 0 aliphatic carbocycles. The Bertz CT molecular complexity index is 241. The van der Waals surface area contributed by atoms with E-state index in [0.717, 1.165) is 39.6 Å². The number of fused-ring (bicyclic) bond motifs is 6. The van der Waals surface area contributed by atoms with Crippen LogP contribution in [0.5, 0.6) is 0 Å².